The van der Waals surface area contributed by atoms with Crippen molar-refractivity contribution in [2.75, 3.05) is 40.3 Å². The summed E-state index contributed by atoms with van der Waals surface area (Å²) in [5, 5.41) is 2.66. The van der Waals surface area contributed by atoms with Crippen molar-refractivity contribution in [3.8, 4) is 0 Å². The van der Waals surface area contributed by atoms with E-state index in [1.54, 1.807) is 18.4 Å². The molecule has 1 spiro atoms. The van der Waals surface area contributed by atoms with Gasteiger partial charge in [-0.25, -0.2) is 0 Å². The molecule has 2 amide bonds. The van der Waals surface area contributed by atoms with E-state index in [0.717, 1.165) is 10.4 Å². The predicted octanol–water partition coefficient (Wildman–Crippen LogP) is 0.636. The Morgan fingerprint density at radius 2 is 2.04 bits per heavy atom. The van der Waals surface area contributed by atoms with Crippen LogP contribution in [0.25, 0.3) is 0 Å². The van der Waals surface area contributed by atoms with Crippen LogP contribution < -0.4 is 5.32 Å². The summed E-state index contributed by atoms with van der Waals surface area (Å²) in [6.07, 6.45) is 0. The van der Waals surface area contributed by atoms with E-state index in [2.05, 4.69) is 5.32 Å². The molecule has 23 heavy (non-hydrogen) atoms. The molecule has 0 saturated carbocycles. The Kier molecular flexibility index (Phi) is 4.20. The average molecular weight is 337 g/mol. The van der Waals surface area contributed by atoms with Crippen LogP contribution >= 0.6 is 11.3 Å². The van der Waals surface area contributed by atoms with Crippen molar-refractivity contribution in [2.45, 2.75) is 25.5 Å². The lowest BCUT2D eigenvalue weighted by Crippen LogP contribution is -2.73. The van der Waals surface area contributed by atoms with E-state index < -0.39 is 0 Å². The molecule has 0 unspecified atom stereocenters. The number of hydrogen-bond acceptors (Lipinski definition) is 5. The highest BCUT2D eigenvalue weighted by Gasteiger charge is 2.51. The van der Waals surface area contributed by atoms with Gasteiger partial charge in [0.05, 0.1) is 24.6 Å². The minimum atomic E-state index is -0.323. The topological polar surface area (TPSA) is 61.9 Å². The first kappa shape index (κ1) is 16.4. The van der Waals surface area contributed by atoms with Crippen molar-refractivity contribution in [3.05, 3.63) is 21.4 Å². The Morgan fingerprint density at radius 3 is 2.57 bits per heavy atom. The number of likely N-dealkylation sites (tertiary alicyclic amines) is 1. The highest BCUT2D eigenvalue weighted by Crippen LogP contribution is 2.33. The number of nitrogens with zero attached hydrogens (tertiary/aromatic N) is 2. The van der Waals surface area contributed by atoms with Gasteiger partial charge in [0.2, 0.25) is 5.91 Å². The second-order valence-electron chi connectivity index (χ2n) is 6.55. The summed E-state index contributed by atoms with van der Waals surface area (Å²) in [5.41, 5.74) is 0.840. The molecule has 1 aromatic rings. The van der Waals surface area contributed by atoms with E-state index >= 15 is 0 Å². The molecule has 2 fully saturated rings. The van der Waals surface area contributed by atoms with Crippen LogP contribution in [0, 0.1) is 13.8 Å². The van der Waals surface area contributed by atoms with Crippen molar-refractivity contribution in [1.82, 2.24) is 15.1 Å². The highest BCUT2D eigenvalue weighted by molar-refractivity contribution is 7.14. The SMILES string of the molecule is CNC(=O)[C@@H]1COC2(CN(C(=O)c3cc(C)c(C)s3)C2)CN1C. The van der Waals surface area contributed by atoms with Crippen LogP contribution in [0.15, 0.2) is 6.07 Å². The van der Waals surface area contributed by atoms with Crippen molar-refractivity contribution < 1.29 is 14.3 Å². The Labute approximate surface area is 140 Å². The Morgan fingerprint density at radius 1 is 1.35 bits per heavy atom. The normalized spacial score (nSPS) is 23.7. The molecule has 6 nitrogen and oxygen atoms in total. The summed E-state index contributed by atoms with van der Waals surface area (Å²) in [6.45, 7) is 6.27. The van der Waals surface area contributed by atoms with Crippen molar-refractivity contribution >= 4 is 23.2 Å². The zero-order valence-electron chi connectivity index (χ0n) is 14.0. The van der Waals surface area contributed by atoms with Crippen LogP contribution in [0.3, 0.4) is 0 Å². The number of thiophene rings is 1. The van der Waals surface area contributed by atoms with Gasteiger partial charge in [-0.2, -0.15) is 0 Å². The number of morpholine rings is 1. The van der Waals surface area contributed by atoms with Gasteiger partial charge in [-0.1, -0.05) is 0 Å². The van der Waals surface area contributed by atoms with Crippen molar-refractivity contribution in [2.24, 2.45) is 0 Å². The fourth-order valence-electron chi connectivity index (χ4n) is 3.25. The number of hydrogen-bond donors (Lipinski definition) is 1. The molecule has 1 aromatic heterocycles. The second kappa shape index (κ2) is 5.89. The first-order valence-corrected chi connectivity index (χ1v) is 8.59. The standard InChI is InChI=1S/C16H23N3O3S/c1-10-5-13(23-11(10)2)15(21)19-8-16(9-19)7-18(4)12(6-22-16)14(20)17-3/h5,12H,6-9H2,1-4H3,(H,17,20)/t12-/m0/s1. The Balaban J connectivity index is 1.60. The largest absolute Gasteiger partial charge is 0.368 e. The smallest absolute Gasteiger partial charge is 0.264 e. The number of nitrogens with one attached hydrogen (secondary N) is 1. The summed E-state index contributed by atoms with van der Waals surface area (Å²) >= 11 is 1.55. The van der Waals surface area contributed by atoms with Gasteiger partial charge in [-0.05, 0) is 32.5 Å². The second-order valence-corrected chi connectivity index (χ2v) is 7.81. The lowest BCUT2D eigenvalue weighted by Gasteiger charge is -2.54. The molecular formula is C16H23N3O3S. The number of carbonyl (C=O) groups excluding carboxylic acids is 2. The molecule has 0 bridgehead atoms. The fraction of sp³-hybridized carbons (Fsp3) is 0.625. The van der Waals surface area contributed by atoms with E-state index in [1.165, 1.54) is 4.88 Å². The van der Waals surface area contributed by atoms with Gasteiger partial charge >= 0.3 is 0 Å². The number of ether oxygens (including phenoxy) is 1. The summed E-state index contributed by atoms with van der Waals surface area (Å²) < 4.78 is 5.96. The molecule has 0 aromatic carbocycles. The summed E-state index contributed by atoms with van der Waals surface area (Å²) in [4.78, 5) is 30.1. The maximum absolute atomic E-state index is 12.5. The Hall–Kier alpha value is -1.44. The van der Waals surface area contributed by atoms with Crippen LogP contribution in [0.1, 0.15) is 20.1 Å². The number of carbonyl (C=O) groups is 2. The summed E-state index contributed by atoms with van der Waals surface area (Å²) in [6, 6.07) is 1.71. The van der Waals surface area contributed by atoms with Crippen LogP contribution in [-0.4, -0.2) is 73.6 Å². The van der Waals surface area contributed by atoms with Gasteiger partial charge in [0.25, 0.3) is 5.91 Å². The molecule has 3 heterocycles. The predicted molar refractivity (Wildman–Crippen MR) is 88.9 cm³/mol. The van der Waals surface area contributed by atoms with Gasteiger partial charge in [-0.15, -0.1) is 11.3 Å². The van der Waals surface area contributed by atoms with Gasteiger partial charge in [0.1, 0.15) is 11.6 Å². The third-order valence-electron chi connectivity index (χ3n) is 4.79. The Bertz CT molecular complexity index is 617. The third kappa shape index (κ3) is 2.88. The third-order valence-corrected chi connectivity index (χ3v) is 5.93. The molecule has 2 aliphatic rings. The molecule has 1 N–H and O–H groups in total. The van der Waals surface area contributed by atoms with Gasteiger partial charge in [0.15, 0.2) is 0 Å². The molecule has 0 radical (unpaired) electrons. The number of likely N-dealkylation sites (N-methyl/N-ethyl adjacent to an activating group) is 2. The number of amides is 2. The molecule has 3 rings (SSSR count). The van der Waals surface area contributed by atoms with Gasteiger partial charge in [-0.3, -0.25) is 14.5 Å². The van der Waals surface area contributed by atoms with Crippen LogP contribution in [0.2, 0.25) is 0 Å². The maximum atomic E-state index is 12.5. The number of rotatable bonds is 2. The lowest BCUT2D eigenvalue weighted by molar-refractivity contribution is -0.187. The van der Waals surface area contributed by atoms with E-state index in [4.69, 9.17) is 4.74 Å². The maximum Gasteiger partial charge on any atom is 0.264 e. The molecule has 1 atom stereocenters. The molecule has 0 aliphatic carbocycles. The minimum absolute atomic E-state index is 0.0286. The fourth-order valence-corrected chi connectivity index (χ4v) is 4.26. The average Bonchev–Trinajstić information content (AvgIpc) is 2.82. The highest BCUT2D eigenvalue weighted by atomic mass is 32.1. The molecule has 126 valence electrons. The van der Waals surface area contributed by atoms with E-state index in [1.807, 2.05) is 36.8 Å². The zero-order chi connectivity index (χ0) is 16.8. The zero-order valence-corrected chi connectivity index (χ0v) is 14.8. The van der Waals surface area contributed by atoms with E-state index in [9.17, 15) is 9.59 Å². The molecule has 2 saturated heterocycles. The summed E-state index contributed by atoms with van der Waals surface area (Å²) in [5.74, 6) is 0.0515. The van der Waals surface area contributed by atoms with Crippen LogP contribution in [-0.2, 0) is 9.53 Å². The van der Waals surface area contributed by atoms with Crippen molar-refractivity contribution in [3.63, 3.8) is 0 Å². The van der Waals surface area contributed by atoms with Crippen molar-refractivity contribution in [1.29, 1.82) is 0 Å². The lowest BCUT2D eigenvalue weighted by atomic mass is 9.90. The monoisotopic (exact) mass is 337 g/mol. The van der Waals surface area contributed by atoms with Gasteiger partial charge < -0.3 is 15.0 Å². The molecular weight excluding hydrogens is 314 g/mol. The quantitative estimate of drug-likeness (QED) is 0.860. The minimum Gasteiger partial charge on any atom is -0.368 e. The number of aryl methyl sites for hydroxylation is 2. The van der Waals surface area contributed by atoms with E-state index in [-0.39, 0.29) is 23.5 Å². The van der Waals surface area contributed by atoms with Crippen LogP contribution in [0.5, 0.6) is 0 Å². The van der Waals surface area contributed by atoms with Crippen LogP contribution in [0.4, 0.5) is 0 Å². The van der Waals surface area contributed by atoms with Gasteiger partial charge in [0, 0.05) is 18.5 Å². The van der Waals surface area contributed by atoms with E-state index in [0.29, 0.717) is 26.2 Å². The molecule has 7 heteroatoms. The molecule has 2 aliphatic heterocycles. The first-order valence-electron chi connectivity index (χ1n) is 7.77. The first-order chi connectivity index (χ1) is 10.8. The summed E-state index contributed by atoms with van der Waals surface area (Å²) in [7, 11) is 3.57.